The molecule has 0 aromatic rings. The first-order valence-corrected chi connectivity index (χ1v) is 8.11. The van der Waals surface area contributed by atoms with E-state index in [1.54, 1.807) is 0 Å². The Balaban J connectivity index is 1.90. The molecular formula is C16H24O5. The van der Waals surface area contributed by atoms with Crippen molar-refractivity contribution < 1.29 is 24.0 Å². The minimum absolute atomic E-state index is 0.0904. The van der Waals surface area contributed by atoms with Gasteiger partial charge in [-0.15, -0.1) is 0 Å². The van der Waals surface area contributed by atoms with E-state index in [0.29, 0.717) is 11.8 Å². The summed E-state index contributed by atoms with van der Waals surface area (Å²) in [5.74, 6) is -1.35. The van der Waals surface area contributed by atoms with Crippen molar-refractivity contribution in [2.45, 2.75) is 70.6 Å². The quantitative estimate of drug-likeness (QED) is 0.508. The summed E-state index contributed by atoms with van der Waals surface area (Å²) in [6.07, 6.45) is 3.81. The maximum absolute atomic E-state index is 12.3. The normalized spacial score (nSPS) is 59.1. The zero-order valence-corrected chi connectivity index (χ0v) is 13.2. The first kappa shape index (κ1) is 14.0. The van der Waals surface area contributed by atoms with Crippen LogP contribution in [-0.4, -0.2) is 23.1 Å². The second-order valence-corrected chi connectivity index (χ2v) is 7.66. The van der Waals surface area contributed by atoms with Gasteiger partial charge in [-0.25, -0.2) is 9.78 Å². The highest BCUT2D eigenvalue weighted by Crippen LogP contribution is 2.63. The van der Waals surface area contributed by atoms with Gasteiger partial charge in [0.15, 0.2) is 5.60 Å². The third-order valence-electron chi connectivity index (χ3n) is 6.38. The average molecular weight is 296 g/mol. The lowest BCUT2D eigenvalue weighted by molar-refractivity contribution is -0.584. The third-order valence-corrected chi connectivity index (χ3v) is 6.38. The van der Waals surface area contributed by atoms with E-state index in [4.69, 9.17) is 19.2 Å². The maximum Gasteiger partial charge on any atom is 0.311 e. The Morgan fingerprint density at radius 1 is 1.05 bits per heavy atom. The molecule has 1 saturated carbocycles. The molecule has 5 heteroatoms. The molecular weight excluding hydrogens is 272 g/mol. The monoisotopic (exact) mass is 296 g/mol. The van der Waals surface area contributed by atoms with Gasteiger partial charge < -0.3 is 9.47 Å². The predicted octanol–water partition coefficient (Wildman–Crippen LogP) is 2.79. The number of hydrogen-bond acceptors (Lipinski definition) is 5. The predicted molar refractivity (Wildman–Crippen MR) is 72.7 cm³/mol. The van der Waals surface area contributed by atoms with Crippen molar-refractivity contribution in [2.75, 3.05) is 0 Å². The molecule has 0 radical (unpaired) electrons. The van der Waals surface area contributed by atoms with Crippen molar-refractivity contribution in [3.05, 3.63) is 0 Å². The van der Waals surface area contributed by atoms with E-state index < -0.39 is 17.2 Å². The molecule has 4 saturated heterocycles. The van der Waals surface area contributed by atoms with Crippen molar-refractivity contribution in [2.24, 2.45) is 23.7 Å². The summed E-state index contributed by atoms with van der Waals surface area (Å²) in [5, 5.41) is 0. The van der Waals surface area contributed by atoms with Gasteiger partial charge in [0.2, 0.25) is 11.6 Å². The molecule has 1 spiro atoms. The van der Waals surface area contributed by atoms with E-state index in [-0.39, 0.29) is 17.8 Å². The van der Waals surface area contributed by atoms with E-state index in [2.05, 4.69) is 6.92 Å². The zero-order valence-electron chi connectivity index (χ0n) is 13.2. The molecule has 3 unspecified atom stereocenters. The minimum atomic E-state index is -1.05. The van der Waals surface area contributed by atoms with E-state index in [1.807, 2.05) is 20.8 Å². The van der Waals surface area contributed by atoms with Crippen LogP contribution in [0.5, 0.6) is 0 Å². The fourth-order valence-corrected chi connectivity index (χ4v) is 5.27. The number of hydrogen-bond donors (Lipinski definition) is 0. The molecule has 5 aliphatic rings. The molecule has 5 fully saturated rings. The van der Waals surface area contributed by atoms with Crippen molar-refractivity contribution in [3.63, 3.8) is 0 Å². The fraction of sp³-hybridized carbons (Fsp3) is 0.938. The molecule has 0 amide bonds. The molecule has 5 nitrogen and oxygen atoms in total. The highest BCUT2D eigenvalue weighted by Gasteiger charge is 2.75. The number of fused-ring (bicyclic) bond motifs is 2. The van der Waals surface area contributed by atoms with E-state index >= 15 is 0 Å². The Kier molecular flexibility index (Phi) is 2.66. The van der Waals surface area contributed by atoms with Gasteiger partial charge in [0.05, 0.1) is 5.92 Å². The van der Waals surface area contributed by atoms with Gasteiger partial charge >= 0.3 is 5.97 Å². The van der Waals surface area contributed by atoms with Crippen molar-refractivity contribution in [3.8, 4) is 0 Å². The van der Waals surface area contributed by atoms with E-state index in [0.717, 1.165) is 25.7 Å². The third kappa shape index (κ3) is 1.55. The number of ether oxygens (including phenoxy) is 2. The first-order chi connectivity index (χ1) is 9.81. The van der Waals surface area contributed by atoms with Gasteiger partial charge in [0.1, 0.15) is 0 Å². The van der Waals surface area contributed by atoms with Gasteiger partial charge in [-0.1, -0.05) is 13.8 Å². The summed E-state index contributed by atoms with van der Waals surface area (Å²) in [4.78, 5) is 24.0. The minimum Gasteiger partial charge on any atom is -0.430 e. The van der Waals surface area contributed by atoms with Crippen molar-refractivity contribution >= 4 is 5.97 Å². The molecule has 0 aromatic carbocycles. The topological polar surface area (TPSA) is 54.0 Å². The molecule has 0 N–H and O–H groups in total. The first-order valence-electron chi connectivity index (χ1n) is 8.11. The van der Waals surface area contributed by atoms with E-state index in [9.17, 15) is 4.79 Å². The van der Waals surface area contributed by atoms with Crippen LogP contribution < -0.4 is 0 Å². The molecule has 21 heavy (non-hydrogen) atoms. The fourth-order valence-electron chi connectivity index (χ4n) is 5.27. The van der Waals surface area contributed by atoms with Gasteiger partial charge in [-0.05, 0) is 32.1 Å². The summed E-state index contributed by atoms with van der Waals surface area (Å²) in [6.45, 7) is 7.94. The molecule has 118 valence electrons. The van der Waals surface area contributed by atoms with Crippen LogP contribution in [0.1, 0.15) is 53.4 Å². The van der Waals surface area contributed by atoms with Gasteiger partial charge in [-0.3, -0.25) is 4.79 Å². The Hall–Kier alpha value is -0.650. The molecule has 5 rings (SSSR count). The standard InChI is InChI=1S/C16H24O5/c1-9-5-6-12-10(2)13(17)18-15(4)16(12)11(9)7-8-14(3,19-15)20-21-16/h9-12H,5-8H2,1-4H3/t9-,10-,11?,12?,14-,15?,16-/m1/s1. The number of esters is 1. The van der Waals surface area contributed by atoms with Crippen LogP contribution in [0.2, 0.25) is 0 Å². The summed E-state index contributed by atoms with van der Waals surface area (Å²) in [6, 6.07) is 0. The molecule has 4 heterocycles. The van der Waals surface area contributed by atoms with Crippen LogP contribution in [0.15, 0.2) is 0 Å². The largest absolute Gasteiger partial charge is 0.430 e. The summed E-state index contributed by atoms with van der Waals surface area (Å²) < 4.78 is 12.0. The zero-order chi connectivity index (χ0) is 15.0. The molecule has 0 aromatic heterocycles. The summed E-state index contributed by atoms with van der Waals surface area (Å²) >= 11 is 0. The summed E-state index contributed by atoms with van der Waals surface area (Å²) in [7, 11) is 0. The maximum atomic E-state index is 12.3. The number of rotatable bonds is 0. The number of carbonyl (C=O) groups excluding carboxylic acids is 1. The molecule has 4 aliphatic heterocycles. The second-order valence-electron chi connectivity index (χ2n) is 7.66. The van der Waals surface area contributed by atoms with Crippen LogP contribution in [0.25, 0.3) is 0 Å². The van der Waals surface area contributed by atoms with Crippen LogP contribution in [0.4, 0.5) is 0 Å². The van der Waals surface area contributed by atoms with Crippen LogP contribution in [0.3, 0.4) is 0 Å². The molecule has 2 bridgehead atoms. The van der Waals surface area contributed by atoms with Crippen molar-refractivity contribution in [1.82, 2.24) is 0 Å². The lowest BCUT2D eigenvalue weighted by Crippen LogP contribution is -2.75. The van der Waals surface area contributed by atoms with E-state index in [1.165, 1.54) is 0 Å². The van der Waals surface area contributed by atoms with Gasteiger partial charge in [0, 0.05) is 25.2 Å². The lowest BCUT2D eigenvalue weighted by atomic mass is 9.56. The highest BCUT2D eigenvalue weighted by molar-refractivity contribution is 5.74. The number of carbonyl (C=O) groups is 1. The average Bonchev–Trinajstić information content (AvgIpc) is 2.61. The Bertz CT molecular complexity index is 493. The second kappa shape index (κ2) is 4.00. The van der Waals surface area contributed by atoms with Crippen LogP contribution in [-0.2, 0) is 24.0 Å². The Morgan fingerprint density at radius 3 is 2.57 bits per heavy atom. The van der Waals surface area contributed by atoms with Crippen molar-refractivity contribution in [1.29, 1.82) is 0 Å². The van der Waals surface area contributed by atoms with Crippen LogP contribution in [0, 0.1) is 23.7 Å². The van der Waals surface area contributed by atoms with Gasteiger partial charge in [0.25, 0.3) is 0 Å². The SMILES string of the molecule is C[C@@H]1CCC2[C@@H](C)C(=O)OC3(C)O[C@@]4(C)CCC1[C@@]23OO4. The lowest BCUT2D eigenvalue weighted by Gasteiger charge is -2.62. The Morgan fingerprint density at radius 2 is 1.81 bits per heavy atom. The molecule has 7 atom stereocenters. The smallest absolute Gasteiger partial charge is 0.311 e. The van der Waals surface area contributed by atoms with Crippen LogP contribution >= 0.6 is 0 Å². The Labute approximate surface area is 125 Å². The highest BCUT2D eigenvalue weighted by atomic mass is 17.3. The summed E-state index contributed by atoms with van der Waals surface area (Å²) in [5.41, 5.74) is -0.673. The van der Waals surface area contributed by atoms with Gasteiger partial charge in [-0.2, -0.15) is 0 Å². The molecule has 1 aliphatic carbocycles.